The van der Waals surface area contributed by atoms with Gasteiger partial charge in [-0.05, 0) is 64.2 Å². The Bertz CT molecular complexity index is 804. The van der Waals surface area contributed by atoms with Crippen molar-refractivity contribution in [1.29, 1.82) is 0 Å². The Morgan fingerprint density at radius 3 is 1.14 bits per heavy atom. The first-order chi connectivity index (χ1) is 24.0. The molecule has 0 aliphatic heterocycles. The van der Waals surface area contributed by atoms with Gasteiger partial charge < -0.3 is 14.2 Å². The van der Waals surface area contributed by atoms with Gasteiger partial charge in [0.1, 0.15) is 13.2 Å². The van der Waals surface area contributed by atoms with Crippen LogP contribution < -0.4 is 0 Å². The largest absolute Gasteiger partial charge is 0.462 e. The molecule has 0 aromatic heterocycles. The molecule has 6 nitrogen and oxygen atoms in total. The molecule has 0 aromatic rings. The second kappa shape index (κ2) is 38.7. The van der Waals surface area contributed by atoms with Crippen LogP contribution in [-0.2, 0) is 28.6 Å². The summed E-state index contributed by atoms with van der Waals surface area (Å²) in [6, 6.07) is 0. The summed E-state index contributed by atoms with van der Waals surface area (Å²) in [6.45, 7) is 6.50. The van der Waals surface area contributed by atoms with E-state index < -0.39 is 6.10 Å². The van der Waals surface area contributed by atoms with Crippen molar-refractivity contribution in [2.45, 2.75) is 219 Å². The van der Waals surface area contributed by atoms with Gasteiger partial charge in [0.2, 0.25) is 0 Å². The molecule has 0 aromatic carbocycles. The smallest absolute Gasteiger partial charge is 0.306 e. The minimum Gasteiger partial charge on any atom is -0.462 e. The minimum atomic E-state index is -0.770. The number of ether oxygens (including phenoxy) is 3. The predicted molar refractivity (Wildman–Crippen MR) is 206 cm³/mol. The number of esters is 3. The summed E-state index contributed by atoms with van der Waals surface area (Å²) in [5, 5.41) is 0. The van der Waals surface area contributed by atoms with Crippen LogP contribution in [0.2, 0.25) is 0 Å². The van der Waals surface area contributed by atoms with Crippen LogP contribution in [-0.4, -0.2) is 37.2 Å². The Hall–Kier alpha value is -2.11. The molecule has 0 fully saturated rings. The third-order valence-electron chi connectivity index (χ3n) is 8.91. The Kier molecular flexibility index (Phi) is 37.0. The Labute approximate surface area is 303 Å². The number of carbonyl (C=O) groups excluding carboxylic acids is 3. The van der Waals surface area contributed by atoms with Gasteiger partial charge in [-0.3, -0.25) is 14.4 Å². The monoisotopic (exact) mass is 691 g/mol. The van der Waals surface area contributed by atoms with Gasteiger partial charge in [0.25, 0.3) is 0 Å². The predicted octanol–water partition coefficient (Wildman–Crippen LogP) is 12.9. The quantitative estimate of drug-likeness (QED) is 0.0279. The summed E-state index contributed by atoms with van der Waals surface area (Å²) in [7, 11) is 0. The van der Waals surface area contributed by atoms with Crippen molar-refractivity contribution in [3.63, 3.8) is 0 Å². The van der Waals surface area contributed by atoms with Crippen LogP contribution >= 0.6 is 0 Å². The molecule has 1 atom stereocenters. The van der Waals surface area contributed by atoms with E-state index in [2.05, 4.69) is 45.1 Å². The van der Waals surface area contributed by atoms with Crippen molar-refractivity contribution in [1.82, 2.24) is 0 Å². The van der Waals surface area contributed by atoms with Gasteiger partial charge in [-0.2, -0.15) is 0 Å². The van der Waals surface area contributed by atoms with Crippen molar-refractivity contribution < 1.29 is 28.6 Å². The first-order valence-corrected chi connectivity index (χ1v) is 20.8. The number of allylic oxidation sites excluding steroid dienone is 4. The summed E-state index contributed by atoms with van der Waals surface area (Å²) in [6.07, 6.45) is 40.2. The van der Waals surface area contributed by atoms with E-state index >= 15 is 0 Å². The number of carbonyl (C=O) groups is 3. The fraction of sp³-hybridized carbons (Fsp3) is 0.837. The maximum absolute atomic E-state index is 12.6. The van der Waals surface area contributed by atoms with E-state index in [1.165, 1.54) is 89.9 Å². The van der Waals surface area contributed by atoms with Gasteiger partial charge in [-0.15, -0.1) is 0 Å². The van der Waals surface area contributed by atoms with Gasteiger partial charge in [0, 0.05) is 19.3 Å². The molecule has 286 valence electrons. The Balaban J connectivity index is 4.37. The molecule has 0 aliphatic rings. The molecule has 0 rings (SSSR count). The van der Waals surface area contributed by atoms with Crippen molar-refractivity contribution in [3.05, 3.63) is 24.3 Å². The average Bonchev–Trinajstić information content (AvgIpc) is 3.10. The molecule has 0 aliphatic carbocycles. The van der Waals surface area contributed by atoms with E-state index in [-0.39, 0.29) is 31.1 Å². The molecule has 0 radical (unpaired) electrons. The molecule has 0 bridgehead atoms. The summed E-state index contributed by atoms with van der Waals surface area (Å²) < 4.78 is 16.6. The molecule has 0 N–H and O–H groups in total. The molecule has 0 amide bonds. The van der Waals surface area contributed by atoms with Crippen LogP contribution in [0.25, 0.3) is 0 Å². The Morgan fingerprint density at radius 2 is 0.714 bits per heavy atom. The van der Waals surface area contributed by atoms with E-state index in [9.17, 15) is 14.4 Å². The highest BCUT2D eigenvalue weighted by molar-refractivity contribution is 5.71. The zero-order valence-corrected chi connectivity index (χ0v) is 32.5. The lowest BCUT2D eigenvalue weighted by Crippen LogP contribution is -2.30. The highest BCUT2D eigenvalue weighted by atomic mass is 16.6. The van der Waals surface area contributed by atoms with Gasteiger partial charge in [-0.25, -0.2) is 0 Å². The van der Waals surface area contributed by atoms with Crippen LogP contribution in [0.15, 0.2) is 24.3 Å². The third kappa shape index (κ3) is 37.0. The highest BCUT2D eigenvalue weighted by Gasteiger charge is 2.19. The Morgan fingerprint density at radius 1 is 0.388 bits per heavy atom. The van der Waals surface area contributed by atoms with Crippen LogP contribution in [0.1, 0.15) is 213 Å². The fourth-order valence-corrected chi connectivity index (χ4v) is 5.73. The van der Waals surface area contributed by atoms with Crippen molar-refractivity contribution in [3.8, 4) is 0 Å². The number of unbranched alkanes of at least 4 members (excludes halogenated alkanes) is 22. The molecular weight excluding hydrogens is 612 g/mol. The lowest BCUT2D eigenvalue weighted by atomic mass is 10.1. The molecule has 0 saturated carbocycles. The average molecular weight is 691 g/mol. The summed E-state index contributed by atoms with van der Waals surface area (Å²) in [5.74, 6) is -0.900. The number of rotatable bonds is 37. The zero-order valence-electron chi connectivity index (χ0n) is 32.5. The minimum absolute atomic E-state index is 0.0755. The van der Waals surface area contributed by atoms with Crippen LogP contribution in [0.5, 0.6) is 0 Å². The maximum Gasteiger partial charge on any atom is 0.306 e. The highest BCUT2D eigenvalue weighted by Crippen LogP contribution is 2.13. The summed E-state index contributed by atoms with van der Waals surface area (Å²) in [4.78, 5) is 37.5. The third-order valence-corrected chi connectivity index (χ3v) is 8.91. The molecule has 0 spiro atoms. The van der Waals surface area contributed by atoms with E-state index in [0.717, 1.165) is 83.5 Å². The fourth-order valence-electron chi connectivity index (χ4n) is 5.73. The molecule has 1 unspecified atom stereocenters. The van der Waals surface area contributed by atoms with E-state index in [4.69, 9.17) is 14.2 Å². The van der Waals surface area contributed by atoms with Gasteiger partial charge in [0.05, 0.1) is 0 Å². The first kappa shape index (κ1) is 46.9. The summed E-state index contributed by atoms with van der Waals surface area (Å²) in [5.41, 5.74) is 0. The molecule has 6 heteroatoms. The second-order valence-corrected chi connectivity index (χ2v) is 13.9. The molecular formula is C43H78O6. The topological polar surface area (TPSA) is 78.9 Å². The standard InChI is InChI=1S/C43H78O6/c1-4-7-10-13-16-19-21-22-25-27-30-33-36-42(45)48-39-40(38-47-41(44)35-32-29-26-23-18-15-12-9-6-3)49-43(46)37-34-31-28-24-20-17-14-11-8-5-2/h11,14,16,19,40H,4-10,12-13,15,17-18,20-39H2,1-3H3/b14-11-,19-16-. The van der Waals surface area contributed by atoms with Crippen molar-refractivity contribution in [2.24, 2.45) is 0 Å². The lowest BCUT2D eigenvalue weighted by molar-refractivity contribution is -0.167. The number of hydrogen-bond donors (Lipinski definition) is 0. The first-order valence-electron chi connectivity index (χ1n) is 20.8. The van der Waals surface area contributed by atoms with Crippen LogP contribution in [0, 0.1) is 0 Å². The lowest BCUT2D eigenvalue weighted by Gasteiger charge is -2.18. The molecule has 0 heterocycles. The molecule has 49 heavy (non-hydrogen) atoms. The van der Waals surface area contributed by atoms with Crippen molar-refractivity contribution in [2.75, 3.05) is 13.2 Å². The van der Waals surface area contributed by atoms with E-state index in [1.54, 1.807) is 0 Å². The van der Waals surface area contributed by atoms with Gasteiger partial charge in [0.15, 0.2) is 6.10 Å². The SMILES string of the molecule is CCC/C=C\CCCCCCCC(=O)OC(COC(=O)CCCCCCC/C=C\CCCCC)COC(=O)CCCCCCCCCCC. The van der Waals surface area contributed by atoms with Gasteiger partial charge >= 0.3 is 17.9 Å². The maximum atomic E-state index is 12.6. The van der Waals surface area contributed by atoms with E-state index in [1.807, 2.05) is 0 Å². The van der Waals surface area contributed by atoms with Crippen molar-refractivity contribution >= 4 is 17.9 Å². The van der Waals surface area contributed by atoms with Gasteiger partial charge in [-0.1, -0.05) is 154 Å². The second-order valence-electron chi connectivity index (χ2n) is 13.9. The molecule has 0 saturated heterocycles. The van der Waals surface area contributed by atoms with E-state index in [0.29, 0.717) is 19.3 Å². The van der Waals surface area contributed by atoms with Crippen LogP contribution in [0.4, 0.5) is 0 Å². The summed E-state index contributed by atoms with van der Waals surface area (Å²) >= 11 is 0. The normalized spacial score (nSPS) is 12.1. The zero-order chi connectivity index (χ0) is 35.9. The van der Waals surface area contributed by atoms with Crippen LogP contribution in [0.3, 0.4) is 0 Å². The number of hydrogen-bond acceptors (Lipinski definition) is 6.